The second-order valence-corrected chi connectivity index (χ2v) is 8.16. The molecule has 0 aliphatic rings. The lowest BCUT2D eigenvalue weighted by molar-refractivity contribution is -0.121. The summed E-state index contributed by atoms with van der Waals surface area (Å²) in [5, 5.41) is 12.5. The summed E-state index contributed by atoms with van der Waals surface area (Å²) in [6.07, 6.45) is 2.30. The zero-order valence-electron chi connectivity index (χ0n) is 14.5. The average molecular weight is 468 g/mol. The maximum Gasteiger partial charge on any atom is 0.240 e. The van der Waals surface area contributed by atoms with Gasteiger partial charge >= 0.3 is 0 Å². The van der Waals surface area contributed by atoms with Crippen molar-refractivity contribution in [3.63, 3.8) is 0 Å². The number of para-hydroxylation sites is 1. The molecule has 0 bridgehead atoms. The van der Waals surface area contributed by atoms with Gasteiger partial charge in [0.05, 0.1) is 23.4 Å². The minimum atomic E-state index is -0.664. The van der Waals surface area contributed by atoms with Crippen molar-refractivity contribution in [3.8, 4) is 11.8 Å². The monoisotopic (exact) mass is 468 g/mol. The number of rotatable bonds is 5. The van der Waals surface area contributed by atoms with Crippen LogP contribution in [0.3, 0.4) is 0 Å². The van der Waals surface area contributed by atoms with Crippen molar-refractivity contribution in [2.24, 2.45) is 0 Å². The number of benzene rings is 1. The number of halogens is 1. The molecule has 0 fully saturated rings. The summed E-state index contributed by atoms with van der Waals surface area (Å²) in [5.41, 5.74) is 0.984. The number of aromatic nitrogens is 1. The Bertz CT molecular complexity index is 827. The molecule has 2 rings (SSSR count). The summed E-state index contributed by atoms with van der Waals surface area (Å²) in [4.78, 5) is 17.5. The first-order valence-corrected chi connectivity index (χ1v) is 10.3. The standard InChI is InChI=1S/C19H21IN2O2S/c1-19(2,10-6-7-11-23)22-18(24)17(25-3)16-14(20)12-13-8-4-5-9-15(13)21-16/h4-5,8-9,12,17,23H,7,11H2,1-3H3,(H,22,24). The number of nitrogens with zero attached hydrogens (tertiary/aromatic N) is 1. The van der Waals surface area contributed by atoms with E-state index in [0.29, 0.717) is 6.42 Å². The van der Waals surface area contributed by atoms with Crippen LogP contribution in [-0.4, -0.2) is 34.4 Å². The molecule has 0 aliphatic heterocycles. The summed E-state index contributed by atoms with van der Waals surface area (Å²) < 4.78 is 0.968. The molecule has 1 heterocycles. The molecule has 2 aromatic rings. The van der Waals surface area contributed by atoms with Crippen molar-refractivity contribution in [1.29, 1.82) is 0 Å². The second kappa shape index (κ2) is 8.88. The lowest BCUT2D eigenvalue weighted by atomic mass is 10.1. The quantitative estimate of drug-likeness (QED) is 0.521. The minimum absolute atomic E-state index is 0.0175. The van der Waals surface area contributed by atoms with Crippen molar-refractivity contribution in [2.75, 3.05) is 12.9 Å². The summed E-state index contributed by atoms with van der Waals surface area (Å²) in [5.74, 6) is 5.75. The fraction of sp³-hybridized carbons (Fsp3) is 0.368. The average Bonchev–Trinajstić information content (AvgIpc) is 2.55. The first-order chi connectivity index (χ1) is 11.9. The van der Waals surface area contributed by atoms with Gasteiger partial charge in [0.25, 0.3) is 0 Å². The molecular weight excluding hydrogens is 447 g/mol. The van der Waals surface area contributed by atoms with E-state index in [1.807, 2.05) is 44.4 Å². The number of fused-ring (bicyclic) bond motifs is 1. The van der Waals surface area contributed by atoms with Crippen molar-refractivity contribution < 1.29 is 9.90 Å². The molecule has 6 heteroatoms. The molecule has 0 aliphatic carbocycles. The molecule has 4 nitrogen and oxygen atoms in total. The van der Waals surface area contributed by atoms with Gasteiger partial charge in [-0.1, -0.05) is 30.0 Å². The molecule has 0 radical (unpaired) electrons. The van der Waals surface area contributed by atoms with Gasteiger partial charge in [0, 0.05) is 15.4 Å². The highest BCUT2D eigenvalue weighted by Gasteiger charge is 2.28. The highest BCUT2D eigenvalue weighted by atomic mass is 127. The van der Waals surface area contributed by atoms with Gasteiger partial charge in [-0.05, 0) is 54.8 Å². The lowest BCUT2D eigenvalue weighted by Gasteiger charge is -2.24. The van der Waals surface area contributed by atoms with E-state index in [1.54, 1.807) is 0 Å². The Hall–Kier alpha value is -1.30. The van der Waals surface area contributed by atoms with Crippen LogP contribution in [0.4, 0.5) is 0 Å². The smallest absolute Gasteiger partial charge is 0.240 e. The summed E-state index contributed by atoms with van der Waals surface area (Å²) >= 11 is 3.69. The predicted molar refractivity (Wildman–Crippen MR) is 112 cm³/mol. The Morgan fingerprint density at radius 2 is 2.16 bits per heavy atom. The SMILES string of the molecule is CSC(C(=O)NC(C)(C)C#CCCO)c1nc2ccccc2cc1I. The van der Waals surface area contributed by atoms with Crippen LogP contribution in [0.2, 0.25) is 0 Å². The number of hydrogen-bond donors (Lipinski definition) is 2. The third-order valence-corrected chi connectivity index (χ3v) is 5.27. The molecule has 1 aromatic carbocycles. The van der Waals surface area contributed by atoms with Crippen LogP contribution in [0.1, 0.15) is 31.2 Å². The molecule has 25 heavy (non-hydrogen) atoms. The Kier molecular flexibility index (Phi) is 7.11. The van der Waals surface area contributed by atoms with E-state index < -0.39 is 10.8 Å². The number of nitrogens with one attached hydrogen (secondary N) is 1. The Morgan fingerprint density at radius 3 is 2.84 bits per heavy atom. The lowest BCUT2D eigenvalue weighted by Crippen LogP contribution is -2.44. The minimum Gasteiger partial charge on any atom is -0.395 e. The number of amides is 1. The number of carbonyl (C=O) groups excluding carboxylic acids is 1. The van der Waals surface area contributed by atoms with Crippen molar-refractivity contribution in [1.82, 2.24) is 10.3 Å². The van der Waals surface area contributed by atoms with Gasteiger partial charge in [-0.25, -0.2) is 4.98 Å². The fourth-order valence-corrected chi connectivity index (χ4v) is 4.03. The molecule has 2 N–H and O–H groups in total. The number of aliphatic hydroxyl groups excluding tert-OH is 1. The van der Waals surface area contributed by atoms with Crippen LogP contribution in [0.5, 0.6) is 0 Å². The normalized spacial score (nSPS) is 12.4. The maximum absolute atomic E-state index is 12.8. The third-order valence-electron chi connectivity index (χ3n) is 3.50. The van der Waals surface area contributed by atoms with Gasteiger partial charge in [0.2, 0.25) is 5.91 Å². The van der Waals surface area contributed by atoms with Crippen LogP contribution in [-0.2, 0) is 4.79 Å². The van der Waals surface area contributed by atoms with Crippen molar-refractivity contribution in [3.05, 3.63) is 39.6 Å². The van der Waals surface area contributed by atoms with Gasteiger partial charge in [-0.2, -0.15) is 0 Å². The largest absolute Gasteiger partial charge is 0.395 e. The van der Waals surface area contributed by atoms with Gasteiger partial charge < -0.3 is 10.4 Å². The zero-order chi connectivity index (χ0) is 18.4. The topological polar surface area (TPSA) is 62.2 Å². The van der Waals surface area contributed by atoms with Gasteiger partial charge in [-0.15, -0.1) is 11.8 Å². The number of carbonyl (C=O) groups is 1. The summed E-state index contributed by atoms with van der Waals surface area (Å²) in [6, 6.07) is 9.95. The number of pyridine rings is 1. The van der Waals surface area contributed by atoms with E-state index in [4.69, 9.17) is 10.1 Å². The zero-order valence-corrected chi connectivity index (χ0v) is 17.4. The molecule has 132 valence electrons. The van der Waals surface area contributed by atoms with Crippen LogP contribution in [0, 0.1) is 15.4 Å². The van der Waals surface area contributed by atoms with Crippen LogP contribution < -0.4 is 5.32 Å². The molecule has 1 aromatic heterocycles. The van der Waals surface area contributed by atoms with Crippen molar-refractivity contribution >= 4 is 51.2 Å². The molecule has 0 spiro atoms. The molecule has 0 saturated carbocycles. The second-order valence-electron chi connectivity index (χ2n) is 6.05. The number of aliphatic hydroxyl groups is 1. The third kappa shape index (κ3) is 5.33. The molecule has 1 amide bonds. The predicted octanol–water partition coefficient (Wildman–Crippen LogP) is 3.52. The van der Waals surface area contributed by atoms with Crippen LogP contribution >= 0.6 is 34.4 Å². The van der Waals surface area contributed by atoms with E-state index in [9.17, 15) is 4.79 Å². The first-order valence-electron chi connectivity index (χ1n) is 7.89. The van der Waals surface area contributed by atoms with E-state index in [1.165, 1.54) is 11.8 Å². The van der Waals surface area contributed by atoms with Crippen molar-refractivity contribution in [2.45, 2.75) is 31.1 Å². The molecule has 1 atom stereocenters. The molecule has 1 unspecified atom stereocenters. The van der Waals surface area contributed by atoms with Crippen LogP contribution in [0.15, 0.2) is 30.3 Å². The number of thioether (sulfide) groups is 1. The van der Waals surface area contributed by atoms with Crippen LogP contribution in [0.25, 0.3) is 10.9 Å². The maximum atomic E-state index is 12.8. The summed E-state index contributed by atoms with van der Waals surface area (Å²) in [6.45, 7) is 3.72. The van der Waals surface area contributed by atoms with Gasteiger partial charge in [-0.3, -0.25) is 4.79 Å². The highest BCUT2D eigenvalue weighted by Crippen LogP contribution is 2.31. The van der Waals surface area contributed by atoms with E-state index in [0.717, 1.165) is 20.2 Å². The first kappa shape index (κ1) is 20.0. The Balaban J connectivity index is 2.29. The Morgan fingerprint density at radius 1 is 1.44 bits per heavy atom. The van der Waals surface area contributed by atoms with Gasteiger partial charge in [0.1, 0.15) is 5.25 Å². The Labute approximate surface area is 166 Å². The van der Waals surface area contributed by atoms with Gasteiger partial charge in [0.15, 0.2) is 0 Å². The van der Waals surface area contributed by atoms with E-state index in [2.05, 4.69) is 45.8 Å². The van der Waals surface area contributed by atoms with E-state index in [-0.39, 0.29) is 12.5 Å². The summed E-state index contributed by atoms with van der Waals surface area (Å²) in [7, 11) is 0. The number of hydrogen-bond acceptors (Lipinski definition) is 4. The van der Waals surface area contributed by atoms with E-state index >= 15 is 0 Å². The molecular formula is C19H21IN2O2S. The highest BCUT2D eigenvalue weighted by molar-refractivity contribution is 14.1. The molecule has 0 saturated heterocycles. The fourth-order valence-electron chi connectivity index (χ4n) is 2.38.